The highest BCUT2D eigenvalue weighted by Gasteiger charge is 2.20. The molecule has 3 rings (SSSR count). The van der Waals surface area contributed by atoms with Crippen molar-refractivity contribution in [2.24, 2.45) is 0 Å². The van der Waals surface area contributed by atoms with Crippen LogP contribution in [0.2, 0.25) is 0 Å². The maximum atomic E-state index is 12.9. The van der Waals surface area contributed by atoms with Crippen LogP contribution in [0.25, 0.3) is 0 Å². The summed E-state index contributed by atoms with van der Waals surface area (Å²) in [6.45, 7) is 10.1. The number of rotatable bonds is 7. The number of hydrogen-bond acceptors (Lipinski definition) is 6. The molecule has 1 atom stereocenters. The maximum Gasteiger partial charge on any atom is 0.343 e. The van der Waals surface area contributed by atoms with Crippen LogP contribution in [0.3, 0.4) is 0 Å². The molecule has 6 heteroatoms. The van der Waals surface area contributed by atoms with Gasteiger partial charge in [0.2, 0.25) is 0 Å². The van der Waals surface area contributed by atoms with Crippen molar-refractivity contribution in [3.05, 3.63) is 94.5 Å². The first-order chi connectivity index (χ1) is 16.0. The van der Waals surface area contributed by atoms with Gasteiger partial charge < -0.3 is 19.9 Å². The lowest BCUT2D eigenvalue weighted by Gasteiger charge is -2.23. The molecule has 0 fully saturated rings. The molecule has 0 heterocycles. The minimum atomic E-state index is -0.850. The van der Waals surface area contributed by atoms with Crippen molar-refractivity contribution >= 4 is 11.9 Å². The first kappa shape index (κ1) is 25.1. The molecule has 0 spiro atoms. The lowest BCUT2D eigenvalue weighted by Crippen LogP contribution is -2.38. The van der Waals surface area contributed by atoms with Crippen molar-refractivity contribution in [3.63, 3.8) is 0 Å². The van der Waals surface area contributed by atoms with Crippen LogP contribution in [0.5, 0.6) is 11.5 Å². The van der Waals surface area contributed by atoms with Crippen LogP contribution in [0.4, 0.5) is 0 Å². The Hall–Kier alpha value is -3.48. The second-order valence-corrected chi connectivity index (χ2v) is 9.31. The normalized spacial score (nSPS) is 12.2. The third-order valence-corrected chi connectivity index (χ3v) is 5.24. The minimum absolute atomic E-state index is 0.0565. The van der Waals surface area contributed by atoms with Crippen molar-refractivity contribution in [3.8, 4) is 11.5 Å². The standard InChI is InChI=1S/C28H31NO5/c1-18-10-12-20(13-11-18)26(31)33-24-15-14-21(23(30)17-29-28(3,4)5)16-25(24)34-27(32)22-9-7-6-8-19(22)2/h6-16,23,29-30H,17H2,1-5H3. The highest BCUT2D eigenvalue weighted by Crippen LogP contribution is 2.32. The van der Waals surface area contributed by atoms with Crippen LogP contribution in [0, 0.1) is 13.8 Å². The average Bonchev–Trinajstić information content (AvgIpc) is 2.78. The number of carbonyl (C=O) groups is 2. The van der Waals surface area contributed by atoms with Gasteiger partial charge in [-0.05, 0) is 76.1 Å². The summed E-state index contributed by atoms with van der Waals surface area (Å²) >= 11 is 0. The second-order valence-electron chi connectivity index (χ2n) is 9.31. The van der Waals surface area contributed by atoms with E-state index in [0.29, 0.717) is 23.2 Å². The zero-order valence-electron chi connectivity index (χ0n) is 20.2. The summed E-state index contributed by atoms with van der Waals surface area (Å²) in [6.07, 6.45) is -0.850. The number of ether oxygens (including phenoxy) is 2. The monoisotopic (exact) mass is 461 g/mol. The van der Waals surface area contributed by atoms with Crippen LogP contribution in [0.15, 0.2) is 66.7 Å². The Morgan fingerprint density at radius 2 is 1.53 bits per heavy atom. The van der Waals surface area contributed by atoms with Gasteiger partial charge in [-0.3, -0.25) is 0 Å². The van der Waals surface area contributed by atoms with Gasteiger partial charge in [0, 0.05) is 12.1 Å². The molecule has 0 saturated carbocycles. The topological polar surface area (TPSA) is 84.9 Å². The lowest BCUT2D eigenvalue weighted by molar-refractivity contribution is 0.0681. The van der Waals surface area contributed by atoms with Crippen LogP contribution >= 0.6 is 0 Å². The largest absolute Gasteiger partial charge is 0.419 e. The zero-order valence-corrected chi connectivity index (χ0v) is 20.2. The molecule has 0 saturated heterocycles. The van der Waals surface area contributed by atoms with E-state index in [2.05, 4.69) is 5.32 Å². The summed E-state index contributed by atoms with van der Waals surface area (Å²) in [5.41, 5.74) is 2.91. The van der Waals surface area contributed by atoms with Crippen molar-refractivity contribution in [1.29, 1.82) is 0 Å². The van der Waals surface area contributed by atoms with Gasteiger partial charge in [0.15, 0.2) is 11.5 Å². The van der Waals surface area contributed by atoms with E-state index in [-0.39, 0.29) is 17.0 Å². The van der Waals surface area contributed by atoms with Gasteiger partial charge in [0.25, 0.3) is 0 Å². The summed E-state index contributed by atoms with van der Waals surface area (Å²) in [5, 5.41) is 13.9. The maximum absolute atomic E-state index is 12.9. The van der Waals surface area contributed by atoms with Gasteiger partial charge in [-0.1, -0.05) is 42.0 Å². The molecule has 6 nitrogen and oxygen atoms in total. The Kier molecular flexibility index (Phi) is 7.87. The third kappa shape index (κ3) is 6.76. The van der Waals surface area contributed by atoms with Crippen LogP contribution in [-0.2, 0) is 0 Å². The quantitative estimate of drug-likeness (QED) is 0.373. The van der Waals surface area contributed by atoms with Crippen LogP contribution in [0.1, 0.15) is 64.3 Å². The van der Waals surface area contributed by atoms with E-state index in [1.165, 1.54) is 12.1 Å². The number of aliphatic hydroxyl groups is 1. The third-order valence-electron chi connectivity index (χ3n) is 5.24. The molecule has 34 heavy (non-hydrogen) atoms. The summed E-state index contributed by atoms with van der Waals surface area (Å²) in [4.78, 5) is 25.6. The number of esters is 2. The van der Waals surface area contributed by atoms with Gasteiger partial charge in [-0.15, -0.1) is 0 Å². The minimum Gasteiger partial charge on any atom is -0.419 e. The fourth-order valence-corrected chi connectivity index (χ4v) is 3.22. The molecule has 3 aromatic carbocycles. The number of carbonyl (C=O) groups excluding carboxylic acids is 2. The Labute approximate surface area is 200 Å². The molecule has 0 amide bonds. The Balaban J connectivity index is 1.90. The first-order valence-electron chi connectivity index (χ1n) is 11.2. The van der Waals surface area contributed by atoms with Crippen molar-refractivity contribution in [2.75, 3.05) is 6.54 Å². The number of β-amino-alcohol motifs (C(OH)–C–C–N with tert-alkyl or cyclic N) is 1. The summed E-state index contributed by atoms with van der Waals surface area (Å²) in [5.74, 6) is -1.01. The highest BCUT2D eigenvalue weighted by atomic mass is 16.6. The van der Waals surface area contributed by atoms with Gasteiger partial charge in [0.05, 0.1) is 17.2 Å². The fourth-order valence-electron chi connectivity index (χ4n) is 3.22. The second kappa shape index (κ2) is 10.6. The summed E-state index contributed by atoms with van der Waals surface area (Å²) in [6, 6.07) is 18.8. The molecule has 0 bridgehead atoms. The van der Waals surface area contributed by atoms with Gasteiger partial charge in [-0.2, -0.15) is 0 Å². The van der Waals surface area contributed by atoms with Gasteiger partial charge in [0.1, 0.15) is 0 Å². The molecule has 0 aromatic heterocycles. The van der Waals surface area contributed by atoms with E-state index in [4.69, 9.17) is 9.47 Å². The number of hydrogen-bond donors (Lipinski definition) is 2. The lowest BCUT2D eigenvalue weighted by atomic mass is 10.1. The molecule has 0 aliphatic heterocycles. The molecular formula is C28H31NO5. The van der Waals surface area contributed by atoms with Crippen molar-refractivity contribution < 1.29 is 24.2 Å². The van der Waals surface area contributed by atoms with Gasteiger partial charge >= 0.3 is 11.9 Å². The molecule has 1 unspecified atom stereocenters. The fraction of sp³-hybridized carbons (Fsp3) is 0.286. The molecular weight excluding hydrogens is 430 g/mol. The zero-order chi connectivity index (χ0) is 24.9. The predicted octanol–water partition coefficient (Wildman–Crippen LogP) is 5.16. The Morgan fingerprint density at radius 1 is 0.882 bits per heavy atom. The van der Waals surface area contributed by atoms with E-state index >= 15 is 0 Å². The molecule has 0 radical (unpaired) electrons. The van der Waals surface area contributed by atoms with Crippen molar-refractivity contribution in [1.82, 2.24) is 5.32 Å². The molecule has 2 N–H and O–H groups in total. The predicted molar refractivity (Wildman–Crippen MR) is 131 cm³/mol. The summed E-state index contributed by atoms with van der Waals surface area (Å²) < 4.78 is 11.2. The number of benzene rings is 3. The van der Waals surface area contributed by atoms with E-state index < -0.39 is 18.0 Å². The number of aryl methyl sites for hydroxylation is 2. The Bertz CT molecular complexity index is 1160. The molecule has 0 aliphatic rings. The van der Waals surface area contributed by atoms with Crippen LogP contribution < -0.4 is 14.8 Å². The van der Waals surface area contributed by atoms with Gasteiger partial charge in [-0.25, -0.2) is 9.59 Å². The van der Waals surface area contributed by atoms with E-state index in [1.807, 2.05) is 58.9 Å². The SMILES string of the molecule is Cc1ccc(C(=O)Oc2ccc(C(O)CNC(C)(C)C)cc2OC(=O)c2ccccc2C)cc1. The van der Waals surface area contributed by atoms with E-state index in [0.717, 1.165) is 11.1 Å². The molecule has 3 aromatic rings. The number of aliphatic hydroxyl groups excluding tert-OH is 1. The van der Waals surface area contributed by atoms with E-state index in [1.54, 1.807) is 30.3 Å². The first-order valence-corrected chi connectivity index (χ1v) is 11.2. The Morgan fingerprint density at radius 3 is 2.18 bits per heavy atom. The van der Waals surface area contributed by atoms with Crippen molar-refractivity contribution in [2.45, 2.75) is 46.3 Å². The number of nitrogens with one attached hydrogen (secondary N) is 1. The summed E-state index contributed by atoms with van der Waals surface area (Å²) in [7, 11) is 0. The molecule has 178 valence electrons. The van der Waals surface area contributed by atoms with Crippen LogP contribution in [-0.4, -0.2) is 29.1 Å². The van der Waals surface area contributed by atoms with E-state index in [9.17, 15) is 14.7 Å². The molecule has 0 aliphatic carbocycles. The average molecular weight is 462 g/mol. The smallest absolute Gasteiger partial charge is 0.343 e. The highest BCUT2D eigenvalue weighted by molar-refractivity contribution is 5.94.